The topological polar surface area (TPSA) is 62.2 Å². The zero-order chi connectivity index (χ0) is 15.9. The molecule has 0 radical (unpaired) electrons. The highest BCUT2D eigenvalue weighted by Gasteiger charge is 2.11. The van der Waals surface area contributed by atoms with E-state index in [2.05, 4.69) is 26.2 Å². The van der Waals surface area contributed by atoms with E-state index in [-0.39, 0.29) is 12.4 Å². The predicted molar refractivity (Wildman–Crippen MR) is 89.9 cm³/mol. The number of nitrogens with zero attached hydrogens (tertiary/aromatic N) is 1. The Morgan fingerprint density at radius 2 is 2.14 bits per heavy atom. The summed E-state index contributed by atoms with van der Waals surface area (Å²) in [4.78, 5) is 16.6. The number of aliphatic hydroxyl groups is 1. The van der Waals surface area contributed by atoms with Crippen LogP contribution in [0.15, 0.2) is 41.0 Å². The van der Waals surface area contributed by atoms with Gasteiger partial charge in [-0.2, -0.15) is 0 Å². The maximum atomic E-state index is 12.3. The smallest absolute Gasteiger partial charge is 0.185 e. The van der Waals surface area contributed by atoms with E-state index in [1.54, 1.807) is 12.3 Å². The molecule has 22 heavy (non-hydrogen) atoms. The lowest BCUT2D eigenvalue weighted by Crippen LogP contribution is -2.17. The van der Waals surface area contributed by atoms with E-state index in [1.807, 2.05) is 31.2 Å². The third kappa shape index (κ3) is 4.47. The molecule has 0 saturated carbocycles. The van der Waals surface area contributed by atoms with E-state index in [0.717, 1.165) is 21.2 Å². The van der Waals surface area contributed by atoms with Crippen LogP contribution in [0, 0.1) is 6.92 Å². The molecule has 0 aliphatic heterocycles. The number of aromatic nitrogens is 1. The molecule has 2 N–H and O–H groups in total. The van der Waals surface area contributed by atoms with Gasteiger partial charge < -0.3 is 10.4 Å². The van der Waals surface area contributed by atoms with Gasteiger partial charge >= 0.3 is 0 Å². The lowest BCUT2D eigenvalue weighted by atomic mass is 10.0. The minimum atomic E-state index is 0.0102. The highest BCUT2D eigenvalue weighted by Crippen LogP contribution is 2.20. The molecule has 0 fully saturated rings. The van der Waals surface area contributed by atoms with Crippen LogP contribution < -0.4 is 5.32 Å². The molecule has 2 aromatic rings. The van der Waals surface area contributed by atoms with Crippen molar-refractivity contribution in [3.05, 3.63) is 63.4 Å². The van der Waals surface area contributed by atoms with Crippen LogP contribution in [0.3, 0.4) is 0 Å². The van der Waals surface area contributed by atoms with Crippen LogP contribution in [-0.2, 0) is 13.0 Å². The summed E-state index contributed by atoms with van der Waals surface area (Å²) in [7, 11) is 0. The number of nitrogens with one attached hydrogen (secondary N) is 1. The number of halogens is 1. The van der Waals surface area contributed by atoms with E-state index in [9.17, 15) is 4.79 Å². The summed E-state index contributed by atoms with van der Waals surface area (Å²) in [5.41, 5.74) is 3.56. The molecule has 0 saturated heterocycles. The summed E-state index contributed by atoms with van der Waals surface area (Å²) >= 11 is 3.48. The maximum Gasteiger partial charge on any atom is 0.185 e. The average molecular weight is 363 g/mol. The summed E-state index contributed by atoms with van der Waals surface area (Å²) in [6.45, 7) is 3.28. The first-order valence-electron chi connectivity index (χ1n) is 7.15. The molecule has 5 heteroatoms. The van der Waals surface area contributed by atoms with Gasteiger partial charge in [0.05, 0.1) is 6.61 Å². The second kappa shape index (κ2) is 8.17. The molecule has 4 nitrogen and oxygen atoms in total. The van der Waals surface area contributed by atoms with E-state index in [1.165, 1.54) is 0 Å². The highest BCUT2D eigenvalue weighted by atomic mass is 79.9. The first-order valence-corrected chi connectivity index (χ1v) is 7.95. The van der Waals surface area contributed by atoms with Crippen LogP contribution in [0.2, 0.25) is 0 Å². The van der Waals surface area contributed by atoms with Crippen LogP contribution in [-0.4, -0.2) is 29.0 Å². The number of carbonyl (C=O) groups excluding carboxylic acids is 1. The largest absolute Gasteiger partial charge is 0.395 e. The molecule has 1 heterocycles. The van der Waals surface area contributed by atoms with Gasteiger partial charge in [0, 0.05) is 30.2 Å². The number of benzene rings is 1. The van der Waals surface area contributed by atoms with Gasteiger partial charge in [-0.15, -0.1) is 0 Å². The molecule has 0 unspecified atom stereocenters. The SMILES string of the molecule is Cc1c(Br)cccc1CC(=O)c1ccc(CNCCO)cn1. The van der Waals surface area contributed by atoms with Gasteiger partial charge in [-0.05, 0) is 35.7 Å². The maximum absolute atomic E-state index is 12.3. The van der Waals surface area contributed by atoms with Gasteiger partial charge in [-0.3, -0.25) is 9.78 Å². The molecule has 0 spiro atoms. The Balaban J connectivity index is 2.02. The fraction of sp³-hybridized carbons (Fsp3) is 0.294. The van der Waals surface area contributed by atoms with Gasteiger partial charge in [-0.25, -0.2) is 0 Å². The highest BCUT2D eigenvalue weighted by molar-refractivity contribution is 9.10. The fourth-order valence-electron chi connectivity index (χ4n) is 2.11. The van der Waals surface area contributed by atoms with Gasteiger partial charge in [0.2, 0.25) is 0 Å². The molecule has 1 aromatic carbocycles. The molecule has 2 rings (SSSR count). The van der Waals surface area contributed by atoms with Crippen molar-refractivity contribution in [3.8, 4) is 0 Å². The standard InChI is InChI=1S/C17H19BrN2O2/c1-12-14(3-2-4-15(12)18)9-17(22)16-6-5-13(11-20-16)10-19-7-8-21/h2-6,11,19,21H,7-10H2,1H3. The lowest BCUT2D eigenvalue weighted by Gasteiger charge is -2.07. The van der Waals surface area contributed by atoms with Crippen molar-refractivity contribution in [2.75, 3.05) is 13.2 Å². The van der Waals surface area contributed by atoms with Gasteiger partial charge in [0.15, 0.2) is 5.78 Å². The van der Waals surface area contributed by atoms with E-state index < -0.39 is 0 Å². The monoisotopic (exact) mass is 362 g/mol. The number of hydrogen-bond donors (Lipinski definition) is 2. The molecule has 0 bridgehead atoms. The van der Waals surface area contributed by atoms with E-state index in [0.29, 0.717) is 25.2 Å². The second-order valence-corrected chi connectivity index (χ2v) is 5.93. The predicted octanol–water partition coefficient (Wildman–Crippen LogP) is 2.66. The third-order valence-corrected chi connectivity index (χ3v) is 4.32. The van der Waals surface area contributed by atoms with Crippen molar-refractivity contribution in [2.24, 2.45) is 0 Å². The zero-order valence-corrected chi connectivity index (χ0v) is 14.1. The minimum Gasteiger partial charge on any atom is -0.395 e. The second-order valence-electron chi connectivity index (χ2n) is 5.08. The van der Waals surface area contributed by atoms with E-state index >= 15 is 0 Å². The van der Waals surface area contributed by atoms with Gasteiger partial charge in [-0.1, -0.05) is 34.1 Å². The number of rotatable bonds is 7. The quantitative estimate of drug-likeness (QED) is 0.587. The van der Waals surface area contributed by atoms with Crippen LogP contribution in [0.4, 0.5) is 0 Å². The van der Waals surface area contributed by atoms with Crippen molar-refractivity contribution in [2.45, 2.75) is 19.9 Å². The summed E-state index contributed by atoms with van der Waals surface area (Å²) in [5, 5.41) is 11.8. The molecule has 116 valence electrons. The Labute approximate surface area is 138 Å². The average Bonchev–Trinajstić information content (AvgIpc) is 2.53. The Morgan fingerprint density at radius 3 is 2.82 bits per heavy atom. The van der Waals surface area contributed by atoms with Crippen molar-refractivity contribution in [1.82, 2.24) is 10.3 Å². The Kier molecular flexibility index (Phi) is 6.24. The number of hydrogen-bond acceptors (Lipinski definition) is 4. The number of carbonyl (C=O) groups is 1. The van der Waals surface area contributed by atoms with Crippen LogP contribution in [0.5, 0.6) is 0 Å². The van der Waals surface area contributed by atoms with Crippen LogP contribution in [0.25, 0.3) is 0 Å². The van der Waals surface area contributed by atoms with Gasteiger partial charge in [0.25, 0.3) is 0 Å². The fourth-order valence-corrected chi connectivity index (χ4v) is 2.52. The Hall–Kier alpha value is -1.56. The van der Waals surface area contributed by atoms with Crippen LogP contribution in [0.1, 0.15) is 27.2 Å². The first-order chi connectivity index (χ1) is 10.6. The number of pyridine rings is 1. The van der Waals surface area contributed by atoms with Crippen molar-refractivity contribution >= 4 is 21.7 Å². The molecule has 0 amide bonds. The van der Waals surface area contributed by atoms with Crippen molar-refractivity contribution in [3.63, 3.8) is 0 Å². The zero-order valence-electron chi connectivity index (χ0n) is 12.5. The third-order valence-electron chi connectivity index (χ3n) is 3.46. The molecule has 0 atom stereocenters. The first kappa shape index (κ1) is 16.8. The minimum absolute atomic E-state index is 0.0102. The normalized spacial score (nSPS) is 10.7. The molecule has 1 aromatic heterocycles. The van der Waals surface area contributed by atoms with Crippen LogP contribution >= 0.6 is 15.9 Å². The molecular weight excluding hydrogens is 344 g/mol. The molecular formula is C17H19BrN2O2. The summed E-state index contributed by atoms with van der Waals surface area (Å²) in [6.07, 6.45) is 2.05. The summed E-state index contributed by atoms with van der Waals surface area (Å²) in [5.74, 6) is 0.0102. The molecule has 0 aliphatic carbocycles. The summed E-state index contributed by atoms with van der Waals surface area (Å²) < 4.78 is 1.01. The van der Waals surface area contributed by atoms with Gasteiger partial charge in [0.1, 0.15) is 5.69 Å². The van der Waals surface area contributed by atoms with Crippen molar-refractivity contribution < 1.29 is 9.90 Å². The number of ketones is 1. The Morgan fingerprint density at radius 1 is 1.32 bits per heavy atom. The van der Waals surface area contributed by atoms with Crippen molar-refractivity contribution in [1.29, 1.82) is 0 Å². The summed E-state index contributed by atoms with van der Waals surface area (Å²) in [6, 6.07) is 9.51. The lowest BCUT2D eigenvalue weighted by molar-refractivity contribution is 0.0988. The Bertz CT molecular complexity index is 642. The number of Topliss-reactive ketones (excluding diaryl/α,β-unsaturated/α-hetero) is 1. The number of aliphatic hydroxyl groups excluding tert-OH is 1. The van der Waals surface area contributed by atoms with E-state index in [4.69, 9.17) is 5.11 Å². The molecule has 0 aliphatic rings.